The number of allylic oxidation sites excluding steroid dienone is 2. The largest absolute Gasteiger partial charge is 0.383 e. The third kappa shape index (κ3) is 3.06. The zero-order valence-electron chi connectivity index (χ0n) is 9.07. The lowest BCUT2D eigenvalue weighted by atomic mass is 10.2. The number of amidine groups is 1. The van der Waals surface area contributed by atoms with Crippen LogP contribution in [-0.4, -0.2) is 10.8 Å². The standard InChI is InChI=1S/C12H15N3/c1-4-5-8-14-12(13)11-7-6-9(2)15-10(11)3/h4-8H,1H2,2-3H3,(H2,13,14)/b8-5-. The smallest absolute Gasteiger partial charge is 0.132 e. The number of hydrogen-bond acceptors (Lipinski definition) is 2. The average molecular weight is 201 g/mol. The second kappa shape index (κ2) is 5.10. The molecule has 3 nitrogen and oxygen atoms in total. The van der Waals surface area contributed by atoms with Crippen molar-refractivity contribution < 1.29 is 0 Å². The van der Waals surface area contributed by atoms with Gasteiger partial charge < -0.3 is 5.73 Å². The minimum Gasteiger partial charge on any atom is -0.383 e. The first-order valence-electron chi connectivity index (χ1n) is 4.70. The summed E-state index contributed by atoms with van der Waals surface area (Å²) in [7, 11) is 0. The van der Waals surface area contributed by atoms with E-state index in [0.717, 1.165) is 17.0 Å². The number of nitrogens with zero attached hydrogens (tertiary/aromatic N) is 2. The molecule has 0 aromatic carbocycles. The molecule has 0 unspecified atom stereocenters. The fourth-order valence-corrected chi connectivity index (χ4v) is 1.21. The van der Waals surface area contributed by atoms with Gasteiger partial charge in [0.2, 0.25) is 0 Å². The molecular formula is C12H15N3. The molecule has 0 bridgehead atoms. The van der Waals surface area contributed by atoms with Crippen LogP contribution < -0.4 is 5.73 Å². The summed E-state index contributed by atoms with van der Waals surface area (Å²) in [5.41, 5.74) is 8.55. The molecule has 0 saturated carbocycles. The highest BCUT2D eigenvalue weighted by molar-refractivity contribution is 5.98. The maximum atomic E-state index is 5.81. The SMILES string of the molecule is C=C/C=C\N=C(N)c1ccc(C)nc1C. The van der Waals surface area contributed by atoms with Gasteiger partial charge in [-0.2, -0.15) is 0 Å². The monoisotopic (exact) mass is 201 g/mol. The Hall–Kier alpha value is -1.90. The molecule has 1 aromatic heterocycles. The zero-order valence-corrected chi connectivity index (χ0v) is 9.07. The van der Waals surface area contributed by atoms with E-state index in [1.54, 1.807) is 18.4 Å². The Bertz CT molecular complexity index is 417. The molecule has 2 N–H and O–H groups in total. The third-order valence-corrected chi connectivity index (χ3v) is 1.94. The van der Waals surface area contributed by atoms with Crippen molar-refractivity contribution in [2.75, 3.05) is 0 Å². The number of hydrogen-bond donors (Lipinski definition) is 1. The molecule has 0 saturated heterocycles. The Labute approximate surface area is 90.1 Å². The van der Waals surface area contributed by atoms with E-state index in [1.165, 1.54) is 0 Å². The molecule has 0 aliphatic rings. The van der Waals surface area contributed by atoms with Gasteiger partial charge in [-0.3, -0.25) is 4.98 Å². The van der Waals surface area contributed by atoms with Crippen LogP contribution in [0.3, 0.4) is 0 Å². The first-order valence-corrected chi connectivity index (χ1v) is 4.70. The van der Waals surface area contributed by atoms with E-state index >= 15 is 0 Å². The van der Waals surface area contributed by atoms with Crippen molar-refractivity contribution in [1.82, 2.24) is 4.98 Å². The minimum absolute atomic E-state index is 0.470. The zero-order chi connectivity index (χ0) is 11.3. The highest BCUT2D eigenvalue weighted by atomic mass is 14.8. The van der Waals surface area contributed by atoms with Crippen molar-refractivity contribution >= 4 is 5.84 Å². The molecule has 0 amide bonds. The summed E-state index contributed by atoms with van der Waals surface area (Å²) >= 11 is 0. The van der Waals surface area contributed by atoms with Crippen LogP contribution in [0.4, 0.5) is 0 Å². The van der Waals surface area contributed by atoms with E-state index < -0.39 is 0 Å². The summed E-state index contributed by atoms with van der Waals surface area (Å²) in [5, 5.41) is 0. The topological polar surface area (TPSA) is 51.3 Å². The van der Waals surface area contributed by atoms with E-state index in [2.05, 4.69) is 16.6 Å². The van der Waals surface area contributed by atoms with E-state index in [9.17, 15) is 0 Å². The van der Waals surface area contributed by atoms with Crippen molar-refractivity contribution in [3.8, 4) is 0 Å². The van der Waals surface area contributed by atoms with Gasteiger partial charge in [0.05, 0.1) is 0 Å². The second-order valence-electron chi connectivity index (χ2n) is 3.18. The van der Waals surface area contributed by atoms with Crippen LogP contribution in [0.1, 0.15) is 17.0 Å². The van der Waals surface area contributed by atoms with Crippen molar-refractivity contribution in [2.45, 2.75) is 13.8 Å². The predicted molar refractivity (Wildman–Crippen MR) is 63.8 cm³/mol. The maximum Gasteiger partial charge on any atom is 0.132 e. The van der Waals surface area contributed by atoms with E-state index in [1.807, 2.05) is 26.0 Å². The predicted octanol–water partition coefficient (Wildman–Crippen LogP) is 2.10. The normalized spacial score (nSPS) is 12.0. The lowest BCUT2D eigenvalue weighted by Crippen LogP contribution is -2.15. The summed E-state index contributed by atoms with van der Waals surface area (Å²) in [6.45, 7) is 7.41. The molecule has 1 aromatic rings. The molecule has 78 valence electrons. The summed E-state index contributed by atoms with van der Waals surface area (Å²) in [5.74, 6) is 0.470. The van der Waals surface area contributed by atoms with E-state index in [-0.39, 0.29) is 0 Å². The number of nitrogens with two attached hydrogens (primary N) is 1. The van der Waals surface area contributed by atoms with Crippen LogP contribution >= 0.6 is 0 Å². The van der Waals surface area contributed by atoms with Crippen LogP contribution in [0.5, 0.6) is 0 Å². The molecular weight excluding hydrogens is 186 g/mol. The Morgan fingerprint density at radius 3 is 2.80 bits per heavy atom. The van der Waals surface area contributed by atoms with Crippen molar-refractivity contribution in [2.24, 2.45) is 10.7 Å². The van der Waals surface area contributed by atoms with Crippen LogP contribution in [-0.2, 0) is 0 Å². The van der Waals surface area contributed by atoms with Gasteiger partial charge in [0.15, 0.2) is 0 Å². The van der Waals surface area contributed by atoms with Crippen molar-refractivity contribution in [3.63, 3.8) is 0 Å². The average Bonchev–Trinajstić information content (AvgIpc) is 2.17. The molecule has 0 spiro atoms. The van der Waals surface area contributed by atoms with Gasteiger partial charge in [-0.15, -0.1) is 0 Å². The van der Waals surface area contributed by atoms with Gasteiger partial charge in [-0.25, -0.2) is 4.99 Å². The van der Waals surface area contributed by atoms with Crippen LogP contribution in [0.2, 0.25) is 0 Å². The number of aliphatic imine (C=N–C) groups is 1. The molecule has 0 aliphatic carbocycles. The van der Waals surface area contributed by atoms with Crippen LogP contribution in [0.15, 0.2) is 42.1 Å². The Morgan fingerprint density at radius 1 is 1.47 bits per heavy atom. The van der Waals surface area contributed by atoms with Gasteiger partial charge >= 0.3 is 0 Å². The summed E-state index contributed by atoms with van der Waals surface area (Å²) < 4.78 is 0. The van der Waals surface area contributed by atoms with Gasteiger partial charge in [0.1, 0.15) is 5.84 Å². The molecule has 0 aliphatic heterocycles. The molecule has 3 heteroatoms. The van der Waals surface area contributed by atoms with Crippen LogP contribution in [0.25, 0.3) is 0 Å². The number of aromatic nitrogens is 1. The molecule has 0 atom stereocenters. The lowest BCUT2D eigenvalue weighted by Gasteiger charge is -2.03. The number of rotatable bonds is 3. The third-order valence-electron chi connectivity index (χ3n) is 1.94. The molecule has 0 fully saturated rings. The fraction of sp³-hybridized carbons (Fsp3) is 0.167. The minimum atomic E-state index is 0.470. The summed E-state index contributed by atoms with van der Waals surface area (Å²) in [4.78, 5) is 8.40. The van der Waals surface area contributed by atoms with E-state index in [0.29, 0.717) is 5.84 Å². The quantitative estimate of drug-likeness (QED) is 0.462. The Kier molecular flexibility index (Phi) is 3.80. The molecule has 15 heavy (non-hydrogen) atoms. The van der Waals surface area contributed by atoms with Gasteiger partial charge in [-0.05, 0) is 32.1 Å². The van der Waals surface area contributed by atoms with Gasteiger partial charge in [0.25, 0.3) is 0 Å². The highest BCUT2D eigenvalue weighted by Gasteiger charge is 2.02. The van der Waals surface area contributed by atoms with Crippen molar-refractivity contribution in [1.29, 1.82) is 0 Å². The second-order valence-corrected chi connectivity index (χ2v) is 3.18. The highest BCUT2D eigenvalue weighted by Crippen LogP contribution is 2.05. The van der Waals surface area contributed by atoms with Gasteiger partial charge in [0, 0.05) is 23.2 Å². The summed E-state index contributed by atoms with van der Waals surface area (Å²) in [6.07, 6.45) is 4.99. The maximum absolute atomic E-state index is 5.81. The van der Waals surface area contributed by atoms with Crippen LogP contribution in [0, 0.1) is 13.8 Å². The van der Waals surface area contributed by atoms with E-state index in [4.69, 9.17) is 5.73 Å². The van der Waals surface area contributed by atoms with Gasteiger partial charge in [-0.1, -0.05) is 12.7 Å². The first-order chi connectivity index (χ1) is 7.15. The number of pyridine rings is 1. The summed E-state index contributed by atoms with van der Waals surface area (Å²) in [6, 6.07) is 3.85. The van der Waals surface area contributed by atoms with Crippen molar-refractivity contribution in [3.05, 3.63) is 54.0 Å². The lowest BCUT2D eigenvalue weighted by molar-refractivity contribution is 1.11. The number of aryl methyl sites for hydroxylation is 2. The molecule has 1 rings (SSSR count). The fourth-order valence-electron chi connectivity index (χ4n) is 1.21. The molecule has 1 heterocycles. The Morgan fingerprint density at radius 2 is 2.20 bits per heavy atom. The Balaban J connectivity index is 3.00. The first kappa shape index (κ1) is 11.2. The molecule has 0 radical (unpaired) electrons.